The summed E-state index contributed by atoms with van der Waals surface area (Å²) >= 11 is 0. The van der Waals surface area contributed by atoms with Gasteiger partial charge in [-0.1, -0.05) is 81.4 Å². The summed E-state index contributed by atoms with van der Waals surface area (Å²) in [4.78, 5) is 29.3. The van der Waals surface area contributed by atoms with Gasteiger partial charge in [0, 0.05) is 0 Å². The predicted octanol–water partition coefficient (Wildman–Crippen LogP) is 4.47. The maximum absolute atomic E-state index is 13.8. The molecule has 0 aliphatic carbocycles. The molecule has 4 rings (SSSR count). The molecule has 1 amide bonds. The number of hydrogen-bond donors (Lipinski definition) is 1. The van der Waals surface area contributed by atoms with Crippen LogP contribution in [0.3, 0.4) is 0 Å². The summed E-state index contributed by atoms with van der Waals surface area (Å²) in [7, 11) is 0. The van der Waals surface area contributed by atoms with Crippen molar-refractivity contribution in [1.82, 2.24) is 10.2 Å². The van der Waals surface area contributed by atoms with Gasteiger partial charge < -0.3 is 19.7 Å². The molecular weight excluding hydrogens is 440 g/mol. The third kappa shape index (κ3) is 4.38. The highest BCUT2D eigenvalue weighted by atomic mass is 16.5. The van der Waals surface area contributed by atoms with Crippen LogP contribution in [0.5, 0.6) is 0 Å². The number of hydrogen-bond acceptors (Lipinski definition) is 5. The van der Waals surface area contributed by atoms with Crippen molar-refractivity contribution in [1.29, 1.82) is 0 Å². The molecule has 2 unspecified atom stereocenters. The zero-order valence-corrected chi connectivity index (χ0v) is 21.5. The molecule has 1 spiro atoms. The van der Waals surface area contributed by atoms with Crippen LogP contribution in [0, 0.1) is 5.41 Å². The minimum Gasteiger partial charge on any atom is -0.459 e. The molecule has 1 N–H and O–H groups in total. The zero-order valence-electron chi connectivity index (χ0n) is 21.5. The first-order valence-electron chi connectivity index (χ1n) is 12.6. The molecule has 2 aromatic rings. The number of nitrogens with zero attached hydrogens (tertiary/aromatic N) is 1. The second kappa shape index (κ2) is 9.75. The molecule has 4 atom stereocenters. The average molecular weight is 479 g/mol. The Morgan fingerprint density at radius 3 is 2.11 bits per heavy atom. The minimum absolute atomic E-state index is 0.0377. The summed E-state index contributed by atoms with van der Waals surface area (Å²) in [5.41, 5.74) is 0.379. The predicted molar refractivity (Wildman–Crippen MR) is 135 cm³/mol. The highest BCUT2D eigenvalue weighted by Gasteiger charge is 2.75. The largest absolute Gasteiger partial charge is 0.459 e. The van der Waals surface area contributed by atoms with Crippen LogP contribution in [0.15, 0.2) is 60.7 Å². The van der Waals surface area contributed by atoms with Crippen LogP contribution in [0.1, 0.15) is 58.6 Å². The lowest BCUT2D eigenvalue weighted by molar-refractivity contribution is -0.217. The highest BCUT2D eigenvalue weighted by Crippen LogP contribution is 2.56. The standard InChI is InChI=1S/C29H38N2O4/c1-21(34-19-22-13-8-6-9-14-22)24(25(32)35-20-23-15-10-7-11-16-23)31-26(33)29(17-12-18-30-29)28(31,5)27(2,3)4/h6-11,13-16,21,24,30H,12,17-20H2,1-5H3/t21-,24+,28?,29?/m1/s1. The van der Waals surface area contributed by atoms with Gasteiger partial charge in [-0.25, -0.2) is 4.79 Å². The third-order valence-electron chi connectivity index (χ3n) is 8.06. The zero-order chi connectivity index (χ0) is 25.3. The van der Waals surface area contributed by atoms with Crippen molar-refractivity contribution in [3.8, 4) is 0 Å². The van der Waals surface area contributed by atoms with E-state index in [9.17, 15) is 9.59 Å². The molecule has 2 heterocycles. The fraction of sp³-hybridized carbons (Fsp3) is 0.517. The summed E-state index contributed by atoms with van der Waals surface area (Å²) < 4.78 is 12.0. The minimum atomic E-state index is -0.854. The first kappa shape index (κ1) is 25.4. The summed E-state index contributed by atoms with van der Waals surface area (Å²) in [5.74, 6) is -0.477. The average Bonchev–Trinajstić information content (AvgIpc) is 3.37. The van der Waals surface area contributed by atoms with Gasteiger partial charge in [-0.15, -0.1) is 0 Å². The molecule has 2 saturated heterocycles. The lowest BCUT2D eigenvalue weighted by Crippen LogP contribution is -2.90. The third-order valence-corrected chi connectivity index (χ3v) is 8.06. The number of benzene rings is 2. The topological polar surface area (TPSA) is 67.9 Å². The summed E-state index contributed by atoms with van der Waals surface area (Å²) in [6.45, 7) is 11.7. The first-order chi connectivity index (χ1) is 16.6. The van der Waals surface area contributed by atoms with Crippen LogP contribution in [0.4, 0.5) is 0 Å². The molecule has 2 aliphatic heterocycles. The quantitative estimate of drug-likeness (QED) is 0.448. The van der Waals surface area contributed by atoms with E-state index in [1.807, 2.05) is 67.6 Å². The Kier molecular flexibility index (Phi) is 7.07. The Labute approximate surface area is 209 Å². The molecule has 2 fully saturated rings. The van der Waals surface area contributed by atoms with Gasteiger partial charge in [0.25, 0.3) is 0 Å². The van der Waals surface area contributed by atoms with Crippen LogP contribution >= 0.6 is 0 Å². The molecule has 0 saturated carbocycles. The van der Waals surface area contributed by atoms with E-state index in [1.54, 1.807) is 4.90 Å². The molecule has 2 aromatic carbocycles. The smallest absolute Gasteiger partial charge is 0.331 e. The number of carbonyl (C=O) groups is 2. The van der Waals surface area contributed by atoms with E-state index in [0.29, 0.717) is 6.61 Å². The van der Waals surface area contributed by atoms with E-state index >= 15 is 0 Å². The van der Waals surface area contributed by atoms with Crippen molar-refractivity contribution < 1.29 is 19.1 Å². The SMILES string of the molecule is C[C@@H](OCc1ccccc1)[C@@H](C(=O)OCc1ccccc1)N1C(=O)C2(CCCN2)C1(C)C(C)(C)C. The van der Waals surface area contributed by atoms with Gasteiger partial charge in [-0.2, -0.15) is 0 Å². The fourth-order valence-corrected chi connectivity index (χ4v) is 5.73. The fourth-order valence-electron chi connectivity index (χ4n) is 5.73. The van der Waals surface area contributed by atoms with Crippen LogP contribution < -0.4 is 5.32 Å². The van der Waals surface area contributed by atoms with E-state index < -0.39 is 29.2 Å². The Morgan fingerprint density at radius 2 is 1.60 bits per heavy atom. The van der Waals surface area contributed by atoms with Crippen molar-refractivity contribution in [2.45, 2.75) is 83.9 Å². The Balaban J connectivity index is 1.63. The van der Waals surface area contributed by atoms with Crippen LogP contribution in [-0.4, -0.2) is 46.5 Å². The maximum atomic E-state index is 13.8. The van der Waals surface area contributed by atoms with Gasteiger partial charge >= 0.3 is 5.97 Å². The molecule has 0 aromatic heterocycles. The second-order valence-electron chi connectivity index (χ2n) is 11.0. The van der Waals surface area contributed by atoms with Crippen LogP contribution in [-0.2, 0) is 32.3 Å². The molecular formula is C29H38N2O4. The van der Waals surface area contributed by atoms with Gasteiger partial charge in [-0.05, 0) is 49.8 Å². The molecule has 35 heavy (non-hydrogen) atoms. The van der Waals surface area contributed by atoms with Crippen molar-refractivity contribution in [2.75, 3.05) is 6.54 Å². The molecule has 2 aliphatic rings. The van der Waals surface area contributed by atoms with Gasteiger partial charge in [-0.3, -0.25) is 4.79 Å². The lowest BCUT2D eigenvalue weighted by atomic mass is 9.54. The second-order valence-corrected chi connectivity index (χ2v) is 11.0. The number of likely N-dealkylation sites (tertiary alicyclic amines) is 1. The molecule has 6 nitrogen and oxygen atoms in total. The number of β-lactam (4-membered cyclic amide) rings is 1. The number of esters is 1. The van der Waals surface area contributed by atoms with Crippen LogP contribution in [0.25, 0.3) is 0 Å². The first-order valence-corrected chi connectivity index (χ1v) is 12.6. The Hall–Kier alpha value is -2.70. The van der Waals surface area contributed by atoms with Crippen molar-refractivity contribution >= 4 is 11.9 Å². The van der Waals surface area contributed by atoms with Crippen LogP contribution in [0.2, 0.25) is 0 Å². The number of amides is 1. The van der Waals surface area contributed by atoms with E-state index in [0.717, 1.165) is 30.5 Å². The van der Waals surface area contributed by atoms with E-state index in [2.05, 4.69) is 33.0 Å². The Morgan fingerprint density at radius 1 is 1.03 bits per heavy atom. The van der Waals surface area contributed by atoms with E-state index in [-0.39, 0.29) is 17.9 Å². The van der Waals surface area contributed by atoms with Gasteiger partial charge in [0.15, 0.2) is 6.04 Å². The molecule has 0 radical (unpaired) electrons. The summed E-state index contributed by atoms with van der Waals surface area (Å²) in [6, 6.07) is 18.6. The monoisotopic (exact) mass is 478 g/mol. The Bertz CT molecular complexity index is 1030. The molecule has 0 bridgehead atoms. The molecule has 188 valence electrons. The number of ether oxygens (including phenoxy) is 2. The number of rotatable bonds is 8. The normalized spacial score (nSPS) is 25.9. The number of nitrogens with one attached hydrogen (secondary N) is 1. The highest BCUT2D eigenvalue weighted by molar-refractivity contribution is 6.00. The van der Waals surface area contributed by atoms with Crippen molar-refractivity contribution in [3.05, 3.63) is 71.8 Å². The van der Waals surface area contributed by atoms with Gasteiger partial charge in [0.1, 0.15) is 12.1 Å². The van der Waals surface area contributed by atoms with Crippen molar-refractivity contribution in [2.24, 2.45) is 5.41 Å². The van der Waals surface area contributed by atoms with Gasteiger partial charge in [0.05, 0.1) is 18.2 Å². The summed E-state index contributed by atoms with van der Waals surface area (Å²) in [6.07, 6.45) is 1.15. The number of carbonyl (C=O) groups excluding carboxylic acids is 2. The van der Waals surface area contributed by atoms with E-state index in [4.69, 9.17) is 9.47 Å². The summed E-state index contributed by atoms with van der Waals surface area (Å²) in [5, 5.41) is 3.51. The lowest BCUT2D eigenvalue weighted by Gasteiger charge is -2.69. The van der Waals surface area contributed by atoms with Gasteiger partial charge in [0.2, 0.25) is 5.91 Å². The van der Waals surface area contributed by atoms with Crippen molar-refractivity contribution in [3.63, 3.8) is 0 Å². The van der Waals surface area contributed by atoms with E-state index in [1.165, 1.54) is 0 Å². The molecule has 6 heteroatoms. The maximum Gasteiger partial charge on any atom is 0.331 e.